The molecule has 0 atom stereocenters. The van der Waals surface area contributed by atoms with E-state index in [1.807, 2.05) is 0 Å². The summed E-state index contributed by atoms with van der Waals surface area (Å²) in [7, 11) is 0. The summed E-state index contributed by atoms with van der Waals surface area (Å²) in [4.78, 5) is 18.3. The smallest absolute Gasteiger partial charge is 1.00 e. The summed E-state index contributed by atoms with van der Waals surface area (Å²) < 4.78 is 0. The molecule has 0 unspecified atom stereocenters. The van der Waals surface area contributed by atoms with E-state index in [1.54, 1.807) is 0 Å². The Morgan fingerprint density at radius 3 is 1.67 bits per heavy atom. The van der Waals surface area contributed by atoms with E-state index in [4.69, 9.17) is 0 Å². The molecule has 0 aromatic rings. The first kappa shape index (κ1) is 9.94. The van der Waals surface area contributed by atoms with Crippen LogP contribution < -0.4 is 0 Å². The molecule has 0 fully saturated rings. The summed E-state index contributed by atoms with van der Waals surface area (Å²) in [6, 6.07) is 0. The third-order valence-corrected chi connectivity index (χ3v) is 0.192. The van der Waals surface area contributed by atoms with Crippen LogP contribution >= 0.6 is 0 Å². The van der Waals surface area contributed by atoms with Gasteiger partial charge in [-0.1, -0.05) is 0 Å². The van der Waals surface area contributed by atoms with Crippen LogP contribution in [-0.4, -0.2) is 58.1 Å². The fraction of sp³-hybridized carbons (Fsp3) is 0.333. The first-order valence-electron chi connectivity index (χ1n) is 1.29. The third kappa shape index (κ3) is 8.84. The molecule has 0 aromatic carbocycles. The molecule has 0 amide bonds. The molecule has 2 nitrogen and oxygen atoms in total. The summed E-state index contributed by atoms with van der Waals surface area (Å²) >= 11 is 0. The molecular formula is C3H6O2Sr. The van der Waals surface area contributed by atoms with Crippen LogP contribution in [0.1, 0.15) is 9.27 Å². The van der Waals surface area contributed by atoms with E-state index >= 15 is 0 Å². The van der Waals surface area contributed by atoms with Crippen molar-refractivity contribution in [2.75, 3.05) is 0 Å². The van der Waals surface area contributed by atoms with Gasteiger partial charge < -0.3 is 12.4 Å². The summed E-state index contributed by atoms with van der Waals surface area (Å²) in [6.45, 7) is 0. The molecule has 0 saturated heterocycles. The van der Waals surface area contributed by atoms with E-state index in [1.165, 1.54) is 0 Å². The Morgan fingerprint density at radius 2 is 1.67 bits per heavy atom. The average Bonchev–Trinajstić information content (AvgIpc) is 1.41. The number of rotatable bonds is 2. The Kier molecular flexibility index (Phi) is 15.4. The molecule has 0 aromatic heterocycles. The van der Waals surface area contributed by atoms with Crippen molar-refractivity contribution in [3.8, 4) is 0 Å². The van der Waals surface area contributed by atoms with Gasteiger partial charge in [-0.05, 0) is 0 Å². The second-order valence-corrected chi connectivity index (χ2v) is 0.569. The van der Waals surface area contributed by atoms with Crippen molar-refractivity contribution >= 4 is 58.1 Å². The standard InChI is InChI=1S/C3H4O2.Sr.2H/c4-2-1-3-5;;;/h2-3H,1H2;;;/q;+2;2*-1. The van der Waals surface area contributed by atoms with Gasteiger partial charge in [0.05, 0.1) is 6.42 Å². The van der Waals surface area contributed by atoms with Gasteiger partial charge >= 0.3 is 45.5 Å². The summed E-state index contributed by atoms with van der Waals surface area (Å²) in [5, 5.41) is 0. The molecule has 0 spiro atoms. The van der Waals surface area contributed by atoms with Crippen molar-refractivity contribution < 1.29 is 12.4 Å². The van der Waals surface area contributed by atoms with E-state index in [0.717, 1.165) is 0 Å². The topological polar surface area (TPSA) is 34.1 Å². The van der Waals surface area contributed by atoms with Crippen molar-refractivity contribution in [3.63, 3.8) is 0 Å². The van der Waals surface area contributed by atoms with Crippen LogP contribution in [-0.2, 0) is 9.59 Å². The zero-order valence-corrected chi connectivity index (χ0v) is 6.86. The zero-order valence-electron chi connectivity index (χ0n) is 5.39. The van der Waals surface area contributed by atoms with Crippen LogP contribution in [0.4, 0.5) is 0 Å². The van der Waals surface area contributed by atoms with Gasteiger partial charge in [-0.25, -0.2) is 0 Å². The first-order valence-corrected chi connectivity index (χ1v) is 1.29. The van der Waals surface area contributed by atoms with Crippen molar-refractivity contribution in [2.24, 2.45) is 0 Å². The minimum Gasteiger partial charge on any atom is -1.00 e. The first-order chi connectivity index (χ1) is 2.41. The predicted molar refractivity (Wildman–Crippen MR) is 24.7 cm³/mol. The molecule has 0 saturated carbocycles. The molecule has 0 N–H and O–H groups in total. The van der Waals surface area contributed by atoms with Gasteiger partial charge in [0.15, 0.2) is 0 Å². The molecule has 0 aliphatic carbocycles. The van der Waals surface area contributed by atoms with Gasteiger partial charge in [0.2, 0.25) is 0 Å². The Bertz CT molecular complexity index is 44.5. The maximum absolute atomic E-state index is 9.17. The van der Waals surface area contributed by atoms with Crippen LogP contribution in [0, 0.1) is 0 Å². The molecule has 6 heavy (non-hydrogen) atoms. The maximum Gasteiger partial charge on any atom is 2.00 e. The van der Waals surface area contributed by atoms with Crippen molar-refractivity contribution in [2.45, 2.75) is 6.42 Å². The molecular weight excluding hydrogens is 156 g/mol. The van der Waals surface area contributed by atoms with Crippen molar-refractivity contribution in [1.29, 1.82) is 0 Å². The molecule has 3 heteroatoms. The number of aldehydes is 2. The van der Waals surface area contributed by atoms with Crippen LogP contribution in [0.2, 0.25) is 0 Å². The van der Waals surface area contributed by atoms with Crippen LogP contribution in [0.5, 0.6) is 0 Å². The Balaban J connectivity index is -0.0000000267. The van der Waals surface area contributed by atoms with Gasteiger partial charge in [-0.3, -0.25) is 0 Å². The van der Waals surface area contributed by atoms with Crippen molar-refractivity contribution in [1.82, 2.24) is 0 Å². The minimum absolute atomic E-state index is 0. The average molecular weight is 162 g/mol. The van der Waals surface area contributed by atoms with Gasteiger partial charge in [-0.15, -0.1) is 0 Å². The van der Waals surface area contributed by atoms with Crippen LogP contribution in [0.15, 0.2) is 0 Å². The number of hydrogen-bond donors (Lipinski definition) is 0. The molecule has 0 aliphatic heterocycles. The molecule has 0 aliphatic rings. The third-order valence-electron chi connectivity index (χ3n) is 0.192. The van der Waals surface area contributed by atoms with Crippen LogP contribution in [0.25, 0.3) is 0 Å². The molecule has 0 heterocycles. The predicted octanol–water partition coefficient (Wildman–Crippen LogP) is -0.381. The molecule has 0 rings (SSSR count). The summed E-state index contributed by atoms with van der Waals surface area (Å²) in [6.07, 6.45) is 1.15. The number of carbonyl (C=O) groups is 2. The normalized spacial score (nSPS) is 5.33. The zero-order chi connectivity index (χ0) is 4.12. The van der Waals surface area contributed by atoms with Crippen LogP contribution in [0.3, 0.4) is 0 Å². The summed E-state index contributed by atoms with van der Waals surface area (Å²) in [5.74, 6) is 0. The van der Waals surface area contributed by atoms with E-state index < -0.39 is 0 Å². The van der Waals surface area contributed by atoms with E-state index in [9.17, 15) is 9.59 Å². The molecule has 32 valence electrons. The fourth-order valence-electron chi connectivity index (χ4n) is 0.0393. The summed E-state index contributed by atoms with van der Waals surface area (Å²) in [5.41, 5.74) is 0. The minimum atomic E-state index is 0. The van der Waals surface area contributed by atoms with E-state index in [0.29, 0.717) is 12.6 Å². The Morgan fingerprint density at radius 1 is 1.33 bits per heavy atom. The van der Waals surface area contributed by atoms with Gasteiger partial charge in [0.25, 0.3) is 0 Å². The second-order valence-electron chi connectivity index (χ2n) is 0.569. The molecule has 0 radical (unpaired) electrons. The quantitative estimate of drug-likeness (QED) is 0.315. The van der Waals surface area contributed by atoms with Crippen molar-refractivity contribution in [3.05, 3.63) is 0 Å². The van der Waals surface area contributed by atoms with Gasteiger partial charge in [0.1, 0.15) is 12.6 Å². The van der Waals surface area contributed by atoms with Gasteiger partial charge in [-0.2, -0.15) is 0 Å². The number of carbonyl (C=O) groups excluding carboxylic acids is 2. The largest absolute Gasteiger partial charge is 2.00 e. The molecule has 0 bridgehead atoms. The second kappa shape index (κ2) is 9.27. The monoisotopic (exact) mass is 162 g/mol. The SMILES string of the molecule is O=CCC=O.[H-].[H-].[Sr+2]. The Hall–Kier alpha value is 0.821. The Labute approximate surface area is 76.1 Å². The van der Waals surface area contributed by atoms with E-state index in [-0.39, 0.29) is 54.8 Å². The number of hydrogen-bond acceptors (Lipinski definition) is 2. The fourth-order valence-corrected chi connectivity index (χ4v) is 0.0393. The van der Waals surface area contributed by atoms with E-state index in [2.05, 4.69) is 0 Å². The maximum atomic E-state index is 9.17. The van der Waals surface area contributed by atoms with Gasteiger partial charge in [0, 0.05) is 0 Å².